The first kappa shape index (κ1) is 9.99. The second-order valence-corrected chi connectivity index (χ2v) is 3.30. The number of benzene rings is 1. The molecule has 0 aliphatic carbocycles. The highest BCUT2D eigenvalue weighted by molar-refractivity contribution is 6.33. The fourth-order valence-corrected chi connectivity index (χ4v) is 1.02. The van der Waals surface area contributed by atoms with Crippen molar-refractivity contribution < 1.29 is 14.3 Å². The Morgan fingerprint density at radius 1 is 1.62 bits per heavy atom. The standard InChI is InChI=1S/C9H8ClFO2/c1-5(10)9(13)6-2-3-8(12)7(11)4-6/h2-5,12H,1H3. The highest BCUT2D eigenvalue weighted by Crippen LogP contribution is 2.18. The summed E-state index contributed by atoms with van der Waals surface area (Å²) < 4.78 is 12.8. The van der Waals surface area contributed by atoms with E-state index in [0.717, 1.165) is 12.1 Å². The molecule has 1 aromatic rings. The maximum atomic E-state index is 12.8. The average molecular weight is 203 g/mol. The Kier molecular flexibility index (Phi) is 2.88. The molecule has 0 aromatic heterocycles. The van der Waals surface area contributed by atoms with E-state index in [4.69, 9.17) is 16.7 Å². The molecule has 1 unspecified atom stereocenters. The van der Waals surface area contributed by atoms with Gasteiger partial charge in [-0.25, -0.2) is 4.39 Å². The topological polar surface area (TPSA) is 37.3 Å². The number of halogens is 2. The Balaban J connectivity index is 3.04. The third kappa shape index (κ3) is 2.18. The smallest absolute Gasteiger partial charge is 0.180 e. The predicted octanol–water partition coefficient (Wildman–Crippen LogP) is 2.34. The first-order valence-corrected chi connectivity index (χ1v) is 4.13. The lowest BCUT2D eigenvalue weighted by Gasteiger charge is -2.02. The summed E-state index contributed by atoms with van der Waals surface area (Å²) in [6.07, 6.45) is 0. The third-order valence-corrected chi connectivity index (χ3v) is 1.79. The van der Waals surface area contributed by atoms with Gasteiger partial charge < -0.3 is 5.11 Å². The Bertz CT molecular complexity index is 336. The van der Waals surface area contributed by atoms with Crippen LogP contribution in [0.2, 0.25) is 0 Å². The minimum absolute atomic E-state index is 0.165. The van der Waals surface area contributed by atoms with E-state index >= 15 is 0 Å². The number of alkyl halides is 1. The zero-order valence-corrected chi connectivity index (χ0v) is 7.68. The van der Waals surface area contributed by atoms with Crippen LogP contribution in [0, 0.1) is 5.82 Å². The van der Waals surface area contributed by atoms with E-state index in [1.807, 2.05) is 0 Å². The number of hydrogen-bond acceptors (Lipinski definition) is 2. The number of aromatic hydroxyl groups is 1. The molecule has 2 nitrogen and oxygen atoms in total. The molecule has 13 heavy (non-hydrogen) atoms. The van der Waals surface area contributed by atoms with Gasteiger partial charge in [0, 0.05) is 5.56 Å². The van der Waals surface area contributed by atoms with Crippen molar-refractivity contribution in [3.05, 3.63) is 29.6 Å². The van der Waals surface area contributed by atoms with Crippen molar-refractivity contribution in [3.63, 3.8) is 0 Å². The summed E-state index contributed by atoms with van der Waals surface area (Å²) in [6.45, 7) is 1.51. The summed E-state index contributed by atoms with van der Waals surface area (Å²) in [5.41, 5.74) is 0.165. The molecular weight excluding hydrogens is 195 g/mol. The van der Waals surface area contributed by atoms with Crippen LogP contribution in [0.5, 0.6) is 5.75 Å². The van der Waals surface area contributed by atoms with Crippen LogP contribution in [0.1, 0.15) is 17.3 Å². The third-order valence-electron chi connectivity index (χ3n) is 1.59. The molecule has 0 heterocycles. The molecule has 0 radical (unpaired) electrons. The first-order chi connectivity index (χ1) is 6.02. The Labute approximate surface area is 80.0 Å². The summed E-state index contributed by atoms with van der Waals surface area (Å²) in [5, 5.41) is 8.15. The van der Waals surface area contributed by atoms with Crippen LogP contribution in [-0.4, -0.2) is 16.3 Å². The van der Waals surface area contributed by atoms with Gasteiger partial charge in [-0.05, 0) is 25.1 Å². The van der Waals surface area contributed by atoms with Crippen LogP contribution in [-0.2, 0) is 0 Å². The van der Waals surface area contributed by atoms with Crippen LogP contribution in [0.3, 0.4) is 0 Å². The summed E-state index contributed by atoms with van der Waals surface area (Å²) in [4.78, 5) is 11.2. The van der Waals surface area contributed by atoms with Crippen molar-refractivity contribution in [1.82, 2.24) is 0 Å². The highest BCUT2D eigenvalue weighted by atomic mass is 35.5. The van der Waals surface area contributed by atoms with Crippen LogP contribution in [0.25, 0.3) is 0 Å². The predicted molar refractivity (Wildman–Crippen MR) is 47.7 cm³/mol. The van der Waals surface area contributed by atoms with Gasteiger partial charge in [0.25, 0.3) is 0 Å². The van der Waals surface area contributed by atoms with E-state index < -0.39 is 16.9 Å². The van der Waals surface area contributed by atoms with Crippen LogP contribution < -0.4 is 0 Å². The molecule has 1 aromatic carbocycles. The summed E-state index contributed by atoms with van der Waals surface area (Å²) in [5.74, 6) is -1.65. The molecule has 0 saturated heterocycles. The maximum absolute atomic E-state index is 12.8. The van der Waals surface area contributed by atoms with E-state index in [1.54, 1.807) is 0 Å². The number of phenols is 1. The Morgan fingerprint density at radius 3 is 2.69 bits per heavy atom. The molecule has 4 heteroatoms. The van der Waals surface area contributed by atoms with Crippen molar-refractivity contribution in [1.29, 1.82) is 0 Å². The van der Waals surface area contributed by atoms with E-state index in [9.17, 15) is 9.18 Å². The second-order valence-electron chi connectivity index (χ2n) is 2.65. The Hall–Kier alpha value is -1.09. The van der Waals surface area contributed by atoms with Crippen molar-refractivity contribution >= 4 is 17.4 Å². The molecule has 70 valence electrons. The van der Waals surface area contributed by atoms with Gasteiger partial charge in [0.2, 0.25) is 0 Å². The van der Waals surface area contributed by atoms with Crippen molar-refractivity contribution in [2.45, 2.75) is 12.3 Å². The van der Waals surface area contributed by atoms with Crippen molar-refractivity contribution in [2.24, 2.45) is 0 Å². The van der Waals surface area contributed by atoms with Gasteiger partial charge in [-0.2, -0.15) is 0 Å². The molecule has 0 fully saturated rings. The SMILES string of the molecule is CC(Cl)C(=O)c1ccc(O)c(F)c1. The average Bonchev–Trinajstić information content (AvgIpc) is 2.08. The monoisotopic (exact) mass is 202 g/mol. The number of carbonyl (C=O) groups excluding carboxylic acids is 1. The molecule has 1 atom stereocenters. The lowest BCUT2D eigenvalue weighted by atomic mass is 10.1. The van der Waals surface area contributed by atoms with Gasteiger partial charge in [0.1, 0.15) is 0 Å². The summed E-state index contributed by atoms with van der Waals surface area (Å²) in [7, 11) is 0. The van der Waals surface area contributed by atoms with Crippen LogP contribution >= 0.6 is 11.6 Å². The Morgan fingerprint density at radius 2 is 2.23 bits per heavy atom. The number of phenolic OH excluding ortho intramolecular Hbond substituents is 1. The number of ketones is 1. The van der Waals surface area contributed by atoms with Gasteiger partial charge in [0.15, 0.2) is 17.3 Å². The van der Waals surface area contributed by atoms with E-state index in [2.05, 4.69) is 0 Å². The van der Waals surface area contributed by atoms with E-state index in [1.165, 1.54) is 13.0 Å². The van der Waals surface area contributed by atoms with E-state index in [-0.39, 0.29) is 11.3 Å². The molecular formula is C9H8ClFO2. The minimum Gasteiger partial charge on any atom is -0.505 e. The highest BCUT2D eigenvalue weighted by Gasteiger charge is 2.13. The molecule has 0 aliphatic heterocycles. The van der Waals surface area contributed by atoms with Crippen LogP contribution in [0.4, 0.5) is 4.39 Å². The fourth-order valence-electron chi connectivity index (χ4n) is 0.890. The normalized spacial score (nSPS) is 12.5. The molecule has 0 aliphatic rings. The minimum atomic E-state index is -0.817. The first-order valence-electron chi connectivity index (χ1n) is 3.69. The lowest BCUT2D eigenvalue weighted by molar-refractivity contribution is 0.0991. The fraction of sp³-hybridized carbons (Fsp3) is 0.222. The summed E-state index contributed by atoms with van der Waals surface area (Å²) in [6, 6.07) is 3.43. The summed E-state index contributed by atoms with van der Waals surface area (Å²) >= 11 is 5.52. The van der Waals surface area contributed by atoms with Crippen molar-refractivity contribution in [3.8, 4) is 5.75 Å². The van der Waals surface area contributed by atoms with Gasteiger partial charge in [0.05, 0.1) is 5.38 Å². The molecule has 0 amide bonds. The zero-order valence-electron chi connectivity index (χ0n) is 6.92. The van der Waals surface area contributed by atoms with E-state index in [0.29, 0.717) is 0 Å². The molecule has 0 saturated carbocycles. The number of rotatable bonds is 2. The van der Waals surface area contributed by atoms with Gasteiger partial charge in [-0.3, -0.25) is 4.79 Å². The molecule has 1 N–H and O–H groups in total. The largest absolute Gasteiger partial charge is 0.505 e. The number of hydrogen-bond donors (Lipinski definition) is 1. The zero-order chi connectivity index (χ0) is 10.0. The number of carbonyl (C=O) groups is 1. The molecule has 1 rings (SSSR count). The lowest BCUT2D eigenvalue weighted by Crippen LogP contribution is -2.10. The van der Waals surface area contributed by atoms with Crippen molar-refractivity contribution in [2.75, 3.05) is 0 Å². The maximum Gasteiger partial charge on any atom is 0.180 e. The molecule has 0 bridgehead atoms. The van der Waals surface area contributed by atoms with Gasteiger partial charge >= 0.3 is 0 Å². The quantitative estimate of drug-likeness (QED) is 0.591. The van der Waals surface area contributed by atoms with Crippen LogP contribution in [0.15, 0.2) is 18.2 Å². The number of Topliss-reactive ketones (excluding diaryl/α,β-unsaturated/α-hetero) is 1. The van der Waals surface area contributed by atoms with Gasteiger partial charge in [-0.1, -0.05) is 0 Å². The molecule has 0 spiro atoms. The van der Waals surface area contributed by atoms with Gasteiger partial charge in [-0.15, -0.1) is 11.6 Å². The second kappa shape index (κ2) is 3.75.